The molecule has 0 fully saturated rings. The lowest BCUT2D eigenvalue weighted by Crippen LogP contribution is -2.29. The van der Waals surface area contributed by atoms with Gasteiger partial charge in [-0.3, -0.25) is 9.59 Å². The highest BCUT2D eigenvalue weighted by Crippen LogP contribution is 2.15. The van der Waals surface area contributed by atoms with Crippen LogP contribution in [-0.2, 0) is 9.53 Å². The third-order valence-electron chi connectivity index (χ3n) is 5.45. The van der Waals surface area contributed by atoms with Crippen molar-refractivity contribution in [3.05, 3.63) is 90.6 Å². The normalized spacial score (nSPS) is 12.9. The van der Waals surface area contributed by atoms with Gasteiger partial charge in [-0.15, -0.1) is 0 Å². The predicted octanol–water partition coefficient (Wildman–Crippen LogP) is 7.22. The van der Waals surface area contributed by atoms with Crippen LogP contribution < -0.4 is 5.32 Å². The number of amides is 1. The molecule has 0 bridgehead atoms. The quantitative estimate of drug-likeness (QED) is 0.129. The Labute approximate surface area is 217 Å². The Kier molecular flexibility index (Phi) is 17.9. The Balaban J connectivity index is 2.13. The van der Waals surface area contributed by atoms with Crippen LogP contribution in [0, 0.1) is 5.92 Å². The number of rotatable bonds is 18. The number of carbonyl (C=O) groups excluding carboxylic acids is 2. The van der Waals surface area contributed by atoms with Crippen LogP contribution in [0.15, 0.2) is 85.0 Å². The van der Waals surface area contributed by atoms with E-state index in [0.717, 1.165) is 44.9 Å². The van der Waals surface area contributed by atoms with Crippen LogP contribution >= 0.6 is 0 Å². The topological polar surface area (TPSA) is 75.6 Å². The van der Waals surface area contributed by atoms with Gasteiger partial charge in [0.1, 0.15) is 12.4 Å². The fourth-order valence-corrected chi connectivity index (χ4v) is 3.35. The van der Waals surface area contributed by atoms with Crippen LogP contribution in [-0.4, -0.2) is 30.1 Å². The molecule has 1 atom stereocenters. The van der Waals surface area contributed by atoms with Crippen LogP contribution in [0.2, 0.25) is 0 Å². The molecule has 1 unspecified atom stereocenters. The van der Waals surface area contributed by atoms with Crippen LogP contribution in [0.25, 0.3) is 0 Å². The molecule has 0 aromatic heterocycles. The molecule has 0 aliphatic heterocycles. The average Bonchev–Trinajstić information content (AvgIpc) is 2.88. The van der Waals surface area contributed by atoms with Crippen molar-refractivity contribution in [2.24, 2.45) is 5.92 Å². The van der Waals surface area contributed by atoms with Crippen molar-refractivity contribution in [3.8, 4) is 5.75 Å². The van der Waals surface area contributed by atoms with Gasteiger partial charge in [-0.25, -0.2) is 0 Å². The van der Waals surface area contributed by atoms with Gasteiger partial charge in [0.15, 0.2) is 0 Å². The van der Waals surface area contributed by atoms with Gasteiger partial charge in [0.25, 0.3) is 5.91 Å². The molecule has 0 aliphatic carbocycles. The summed E-state index contributed by atoms with van der Waals surface area (Å²) < 4.78 is 5.33. The average molecular weight is 494 g/mol. The lowest BCUT2D eigenvalue weighted by Gasteiger charge is -2.13. The van der Waals surface area contributed by atoms with Crippen molar-refractivity contribution in [1.82, 2.24) is 5.32 Å². The molecule has 1 aromatic carbocycles. The minimum Gasteiger partial charge on any atom is -0.507 e. The number of allylic oxidation sites excluding steroid dienone is 10. The second-order valence-corrected chi connectivity index (χ2v) is 8.33. The third-order valence-corrected chi connectivity index (χ3v) is 5.45. The van der Waals surface area contributed by atoms with Gasteiger partial charge in [0, 0.05) is 0 Å². The second kappa shape index (κ2) is 21.0. The summed E-state index contributed by atoms with van der Waals surface area (Å²) in [4.78, 5) is 24.4. The Morgan fingerprint density at radius 2 is 1.42 bits per heavy atom. The van der Waals surface area contributed by atoms with Gasteiger partial charge < -0.3 is 15.2 Å². The van der Waals surface area contributed by atoms with Crippen molar-refractivity contribution in [3.63, 3.8) is 0 Å². The number of phenols is 1. The maximum absolute atomic E-state index is 12.3. The highest BCUT2D eigenvalue weighted by atomic mass is 16.5. The summed E-state index contributed by atoms with van der Waals surface area (Å²) in [6.07, 6.45) is 28.9. The van der Waals surface area contributed by atoms with E-state index < -0.39 is 5.91 Å². The molecule has 1 rings (SSSR count). The fraction of sp³-hybridized carbons (Fsp3) is 0.419. The van der Waals surface area contributed by atoms with Crippen LogP contribution in [0.5, 0.6) is 5.75 Å². The number of benzene rings is 1. The molecule has 5 heteroatoms. The number of aromatic hydroxyl groups is 1. The maximum Gasteiger partial charge on any atom is 0.308 e. The number of hydrogen-bond acceptors (Lipinski definition) is 4. The highest BCUT2D eigenvalue weighted by molar-refractivity contribution is 5.96. The molecule has 0 saturated carbocycles. The first-order valence-corrected chi connectivity index (χ1v) is 13.1. The number of hydrogen-bond donors (Lipinski definition) is 2. The van der Waals surface area contributed by atoms with Gasteiger partial charge in [-0.1, -0.05) is 86.7 Å². The molecule has 196 valence electrons. The number of nitrogens with one attached hydrogen (secondary N) is 1. The van der Waals surface area contributed by atoms with Crippen molar-refractivity contribution >= 4 is 11.9 Å². The smallest absolute Gasteiger partial charge is 0.308 e. The molecule has 36 heavy (non-hydrogen) atoms. The molecule has 0 spiro atoms. The Hall–Kier alpha value is -3.34. The molecular weight excluding hydrogens is 450 g/mol. The zero-order chi connectivity index (χ0) is 26.3. The lowest BCUT2D eigenvalue weighted by molar-refractivity contribution is -0.148. The van der Waals surface area contributed by atoms with Crippen molar-refractivity contribution in [1.29, 1.82) is 0 Å². The first kappa shape index (κ1) is 30.7. The molecule has 0 aliphatic rings. The van der Waals surface area contributed by atoms with Gasteiger partial charge in [0.2, 0.25) is 0 Å². The molecule has 5 nitrogen and oxygen atoms in total. The fourth-order valence-electron chi connectivity index (χ4n) is 3.35. The van der Waals surface area contributed by atoms with E-state index >= 15 is 0 Å². The van der Waals surface area contributed by atoms with E-state index in [1.807, 2.05) is 6.92 Å². The van der Waals surface area contributed by atoms with Crippen molar-refractivity contribution in [2.75, 3.05) is 13.2 Å². The number of phenolic OH excluding ortho intramolecular Hbond substituents is 1. The second-order valence-electron chi connectivity index (χ2n) is 8.33. The molecule has 0 saturated heterocycles. The highest BCUT2D eigenvalue weighted by Gasteiger charge is 2.17. The van der Waals surface area contributed by atoms with Gasteiger partial charge in [-0.05, 0) is 63.5 Å². The first-order valence-electron chi connectivity index (χ1n) is 13.1. The summed E-state index contributed by atoms with van der Waals surface area (Å²) in [5.74, 6) is -0.856. The number of esters is 1. The minimum absolute atomic E-state index is 0.0758. The molecule has 1 aromatic rings. The summed E-state index contributed by atoms with van der Waals surface area (Å²) in [6, 6.07) is 6.33. The van der Waals surface area contributed by atoms with E-state index in [-0.39, 0.29) is 36.4 Å². The summed E-state index contributed by atoms with van der Waals surface area (Å²) in [6.45, 7) is 4.43. The molecule has 0 heterocycles. The lowest BCUT2D eigenvalue weighted by atomic mass is 10.0. The van der Waals surface area contributed by atoms with E-state index in [2.05, 4.69) is 73.0 Å². The van der Waals surface area contributed by atoms with Crippen LogP contribution in [0.4, 0.5) is 0 Å². The number of ether oxygens (including phenoxy) is 1. The summed E-state index contributed by atoms with van der Waals surface area (Å²) >= 11 is 0. The predicted molar refractivity (Wildman–Crippen MR) is 149 cm³/mol. The minimum atomic E-state index is -0.394. The number of carbonyl (C=O) groups is 2. The summed E-state index contributed by atoms with van der Waals surface area (Å²) in [7, 11) is 0. The SMILES string of the molecule is CCC=CCC=CCC=CCC=CCC=CCCC(CC)C(=O)OCCNC(=O)c1ccccc1O. The van der Waals surface area contributed by atoms with E-state index in [0.29, 0.717) is 6.42 Å². The van der Waals surface area contributed by atoms with Crippen molar-refractivity contribution < 1.29 is 19.4 Å². The van der Waals surface area contributed by atoms with Crippen LogP contribution in [0.3, 0.4) is 0 Å². The molecular formula is C31H43NO4. The zero-order valence-electron chi connectivity index (χ0n) is 21.9. The van der Waals surface area contributed by atoms with Gasteiger partial charge >= 0.3 is 5.97 Å². The van der Waals surface area contributed by atoms with E-state index in [4.69, 9.17) is 4.74 Å². The molecule has 0 radical (unpaired) electrons. The number of para-hydroxylation sites is 1. The van der Waals surface area contributed by atoms with E-state index in [9.17, 15) is 14.7 Å². The summed E-state index contributed by atoms with van der Waals surface area (Å²) in [5, 5.41) is 12.4. The Morgan fingerprint density at radius 3 is 1.97 bits per heavy atom. The molecule has 1 amide bonds. The Bertz CT molecular complexity index is 896. The summed E-state index contributed by atoms with van der Waals surface area (Å²) in [5.41, 5.74) is 0.201. The van der Waals surface area contributed by atoms with E-state index in [1.54, 1.807) is 12.1 Å². The van der Waals surface area contributed by atoms with Crippen molar-refractivity contribution in [2.45, 2.75) is 65.2 Å². The zero-order valence-corrected chi connectivity index (χ0v) is 21.9. The Morgan fingerprint density at radius 1 is 0.861 bits per heavy atom. The van der Waals surface area contributed by atoms with E-state index in [1.165, 1.54) is 12.1 Å². The maximum atomic E-state index is 12.3. The third kappa shape index (κ3) is 14.8. The molecule has 2 N–H and O–H groups in total. The first-order chi connectivity index (χ1) is 17.6. The van der Waals surface area contributed by atoms with Crippen LogP contribution in [0.1, 0.15) is 75.6 Å². The van der Waals surface area contributed by atoms with Gasteiger partial charge in [0.05, 0.1) is 18.0 Å². The van der Waals surface area contributed by atoms with Gasteiger partial charge in [-0.2, -0.15) is 0 Å². The monoisotopic (exact) mass is 493 g/mol. The largest absolute Gasteiger partial charge is 0.507 e. The standard InChI is InChI=1S/C31H43NO4/c1-3-5-6-7-8-9-10-11-12-13-14-15-16-17-18-19-22-27(4-2)31(35)36-26-25-32-30(34)28-23-20-21-24-29(28)33/h5-6,8-9,11-12,14-15,17-18,20-21,23-24,27,33H,3-4,7,10,13,16,19,22,25-26H2,1-2H3,(H,32,34).